The highest BCUT2D eigenvalue weighted by Crippen LogP contribution is 2.45. The third-order valence-electron chi connectivity index (χ3n) is 7.45. The molecule has 42 heavy (non-hydrogen) atoms. The molecule has 1 aliphatic rings. The topological polar surface area (TPSA) is 41.1 Å². The molecule has 2 atom stereocenters. The van der Waals surface area contributed by atoms with E-state index in [-0.39, 0.29) is 43.0 Å². The van der Waals surface area contributed by atoms with Gasteiger partial charge in [-0.2, -0.15) is 52.7 Å². The van der Waals surface area contributed by atoms with Crippen molar-refractivity contribution in [2.45, 2.75) is 76.9 Å². The quantitative estimate of drug-likeness (QED) is 0.305. The highest BCUT2D eigenvalue weighted by Gasteiger charge is 2.47. The SMILES string of the molecule is CC(C)[C@]1(C(=O)NCc2cc(C(F)(F)F)cc(C(F)(F)F)c2)CC[C@@H](NCc2cc(C(F)(F)F)cc(C(F)(F)F)c2)C1. The number of carbonyl (C=O) groups is 1. The summed E-state index contributed by atoms with van der Waals surface area (Å²) >= 11 is 0. The largest absolute Gasteiger partial charge is 0.416 e. The number of nitrogens with one attached hydrogen (secondary N) is 2. The fraction of sp³-hybridized carbons (Fsp3) is 0.519. The molecule has 0 heterocycles. The molecule has 2 N–H and O–H groups in total. The summed E-state index contributed by atoms with van der Waals surface area (Å²) in [6, 6.07) is 1.63. The highest BCUT2D eigenvalue weighted by atomic mass is 19.4. The minimum atomic E-state index is -5.07. The Labute approximate surface area is 232 Å². The molecule has 2 aromatic carbocycles. The first-order valence-corrected chi connectivity index (χ1v) is 12.6. The van der Waals surface area contributed by atoms with E-state index in [4.69, 9.17) is 0 Å². The Morgan fingerprint density at radius 2 is 1.10 bits per heavy atom. The summed E-state index contributed by atoms with van der Waals surface area (Å²) in [4.78, 5) is 13.2. The van der Waals surface area contributed by atoms with Crippen molar-refractivity contribution in [3.05, 3.63) is 69.8 Å². The summed E-state index contributed by atoms with van der Waals surface area (Å²) in [5.41, 5.74) is -7.87. The molecule has 0 radical (unpaired) electrons. The number of alkyl halides is 12. The molecule has 0 bridgehead atoms. The molecule has 1 amide bonds. The molecule has 2 aromatic rings. The van der Waals surface area contributed by atoms with Crippen LogP contribution >= 0.6 is 0 Å². The fourth-order valence-corrected chi connectivity index (χ4v) is 5.11. The summed E-state index contributed by atoms with van der Waals surface area (Å²) in [5, 5.41) is 5.29. The van der Waals surface area contributed by atoms with Crippen LogP contribution in [0.4, 0.5) is 52.7 Å². The Morgan fingerprint density at radius 1 is 0.714 bits per heavy atom. The molecule has 0 aliphatic heterocycles. The van der Waals surface area contributed by atoms with Gasteiger partial charge in [-0.15, -0.1) is 0 Å². The first-order valence-electron chi connectivity index (χ1n) is 12.6. The molecule has 0 aromatic heterocycles. The van der Waals surface area contributed by atoms with Crippen LogP contribution in [0.2, 0.25) is 0 Å². The summed E-state index contributed by atoms with van der Waals surface area (Å²) in [6.45, 7) is 2.34. The van der Waals surface area contributed by atoms with Gasteiger partial charge in [0.1, 0.15) is 0 Å². The van der Waals surface area contributed by atoms with Crippen molar-refractivity contribution in [3.8, 4) is 0 Å². The van der Waals surface area contributed by atoms with Crippen molar-refractivity contribution in [2.75, 3.05) is 0 Å². The lowest BCUT2D eigenvalue weighted by molar-refractivity contribution is -0.144. The lowest BCUT2D eigenvalue weighted by atomic mass is 9.74. The van der Waals surface area contributed by atoms with E-state index in [1.54, 1.807) is 13.8 Å². The molecular formula is C27H26F12N2O. The second kappa shape index (κ2) is 11.6. The molecule has 234 valence electrons. The number of halogens is 12. The van der Waals surface area contributed by atoms with Gasteiger partial charge in [-0.05, 0) is 72.7 Å². The van der Waals surface area contributed by atoms with Gasteiger partial charge in [0.05, 0.1) is 27.7 Å². The zero-order chi connectivity index (χ0) is 31.9. The van der Waals surface area contributed by atoms with E-state index in [9.17, 15) is 57.5 Å². The van der Waals surface area contributed by atoms with Crippen LogP contribution in [0.5, 0.6) is 0 Å². The lowest BCUT2D eigenvalue weighted by Gasteiger charge is -2.32. The summed E-state index contributed by atoms with van der Waals surface area (Å²) in [6.07, 6.45) is -19.6. The van der Waals surface area contributed by atoms with E-state index in [2.05, 4.69) is 10.6 Å². The van der Waals surface area contributed by atoms with Crippen LogP contribution in [0.15, 0.2) is 36.4 Å². The standard InChI is InChI=1S/C27H26F12N2O/c1-14(2)23(22(42)41-13-16-7-19(26(34,35)36)10-20(8-16)27(37,38)39)4-3-21(11-23)40-12-15-5-17(24(28,29)30)9-18(6-15)25(31,32)33/h5-10,14,21,40H,3-4,11-13H2,1-2H3,(H,41,42)/t21-,23+/m1/s1. The maximum atomic E-state index is 13.2. The molecule has 0 unspecified atom stereocenters. The minimum absolute atomic E-state index is 0.00919. The van der Waals surface area contributed by atoms with Crippen LogP contribution in [0, 0.1) is 11.3 Å². The Bertz CT molecular complexity index is 1210. The predicted octanol–water partition coefficient (Wildman–Crippen LogP) is 8.36. The van der Waals surface area contributed by atoms with Gasteiger partial charge < -0.3 is 10.6 Å². The third kappa shape index (κ3) is 7.90. The normalized spacial score (nSPS) is 20.3. The number of hydrogen-bond acceptors (Lipinski definition) is 2. The summed E-state index contributed by atoms with van der Waals surface area (Å²) in [5.74, 6) is -1.02. The smallest absolute Gasteiger partial charge is 0.352 e. The van der Waals surface area contributed by atoms with Crippen molar-refractivity contribution in [3.63, 3.8) is 0 Å². The average Bonchev–Trinajstić information content (AvgIpc) is 3.29. The Kier molecular flexibility index (Phi) is 9.27. The van der Waals surface area contributed by atoms with E-state index in [0.717, 1.165) is 0 Å². The summed E-state index contributed by atoms with van der Waals surface area (Å²) < 4.78 is 158. The van der Waals surface area contributed by atoms with Crippen molar-refractivity contribution in [1.82, 2.24) is 10.6 Å². The van der Waals surface area contributed by atoms with Crippen LogP contribution in [0.3, 0.4) is 0 Å². The maximum Gasteiger partial charge on any atom is 0.416 e. The number of amides is 1. The van der Waals surface area contributed by atoms with E-state index in [1.165, 1.54) is 0 Å². The Hall–Kier alpha value is -2.97. The number of carbonyl (C=O) groups excluding carboxylic acids is 1. The third-order valence-corrected chi connectivity index (χ3v) is 7.45. The maximum absolute atomic E-state index is 13.2. The molecule has 0 saturated heterocycles. The Balaban J connectivity index is 1.75. The molecule has 0 spiro atoms. The molecule has 1 fully saturated rings. The van der Waals surface area contributed by atoms with E-state index >= 15 is 0 Å². The monoisotopic (exact) mass is 622 g/mol. The van der Waals surface area contributed by atoms with Gasteiger partial charge in [-0.1, -0.05) is 13.8 Å². The van der Waals surface area contributed by atoms with Crippen molar-refractivity contribution < 1.29 is 57.5 Å². The van der Waals surface area contributed by atoms with E-state index in [0.29, 0.717) is 30.7 Å². The second-order valence-corrected chi connectivity index (χ2v) is 10.6. The second-order valence-electron chi connectivity index (χ2n) is 10.6. The molecular weight excluding hydrogens is 596 g/mol. The lowest BCUT2D eigenvalue weighted by Crippen LogP contribution is -2.43. The van der Waals surface area contributed by atoms with E-state index in [1.807, 2.05) is 0 Å². The number of hydrogen-bond donors (Lipinski definition) is 2. The van der Waals surface area contributed by atoms with Crippen LogP contribution in [-0.4, -0.2) is 11.9 Å². The first-order chi connectivity index (χ1) is 19.0. The molecule has 1 saturated carbocycles. The molecule has 3 rings (SSSR count). The zero-order valence-corrected chi connectivity index (χ0v) is 22.1. The highest BCUT2D eigenvalue weighted by molar-refractivity contribution is 5.83. The minimum Gasteiger partial charge on any atom is -0.352 e. The number of benzene rings is 2. The van der Waals surface area contributed by atoms with Crippen LogP contribution in [0.25, 0.3) is 0 Å². The van der Waals surface area contributed by atoms with Crippen molar-refractivity contribution >= 4 is 5.91 Å². The van der Waals surface area contributed by atoms with Crippen LogP contribution < -0.4 is 10.6 Å². The first kappa shape index (κ1) is 33.5. The Morgan fingerprint density at radius 3 is 1.45 bits per heavy atom. The van der Waals surface area contributed by atoms with Gasteiger partial charge in [0.25, 0.3) is 0 Å². The summed E-state index contributed by atoms with van der Waals surface area (Å²) in [7, 11) is 0. The van der Waals surface area contributed by atoms with Crippen LogP contribution in [-0.2, 0) is 42.6 Å². The molecule has 3 nitrogen and oxygen atoms in total. The predicted molar refractivity (Wildman–Crippen MR) is 126 cm³/mol. The molecule has 15 heteroatoms. The van der Waals surface area contributed by atoms with Gasteiger partial charge in [-0.3, -0.25) is 4.79 Å². The van der Waals surface area contributed by atoms with Crippen molar-refractivity contribution in [1.29, 1.82) is 0 Å². The van der Waals surface area contributed by atoms with Gasteiger partial charge in [0.2, 0.25) is 5.91 Å². The molecule has 1 aliphatic carbocycles. The van der Waals surface area contributed by atoms with Gasteiger partial charge in [0.15, 0.2) is 0 Å². The van der Waals surface area contributed by atoms with Gasteiger partial charge >= 0.3 is 24.7 Å². The van der Waals surface area contributed by atoms with Gasteiger partial charge in [0, 0.05) is 19.1 Å². The van der Waals surface area contributed by atoms with E-state index < -0.39 is 76.4 Å². The van der Waals surface area contributed by atoms with Gasteiger partial charge in [-0.25, -0.2) is 0 Å². The average molecular weight is 622 g/mol. The fourth-order valence-electron chi connectivity index (χ4n) is 5.11. The number of rotatable bonds is 7. The van der Waals surface area contributed by atoms with Crippen molar-refractivity contribution in [2.24, 2.45) is 11.3 Å². The zero-order valence-electron chi connectivity index (χ0n) is 22.1. The van der Waals surface area contributed by atoms with Crippen LogP contribution in [0.1, 0.15) is 66.5 Å².